The summed E-state index contributed by atoms with van der Waals surface area (Å²) in [4.78, 5) is 18.0. The molecule has 3 aromatic carbocycles. The minimum Gasteiger partial charge on any atom is -0.339 e. The molecule has 2 N–H and O–H groups in total. The first-order valence-electron chi connectivity index (χ1n) is 9.19. The van der Waals surface area contributed by atoms with Crippen LogP contribution in [-0.4, -0.2) is 15.8 Å². The Morgan fingerprint density at radius 1 is 0.968 bits per heavy atom. The lowest BCUT2D eigenvalue weighted by Crippen LogP contribution is -2.27. The van der Waals surface area contributed by atoms with Crippen LogP contribution in [0.15, 0.2) is 77.6 Å². The van der Waals surface area contributed by atoms with E-state index in [1.54, 1.807) is 24.3 Å². The summed E-state index contributed by atoms with van der Waals surface area (Å²) in [5.41, 5.74) is 0.588. The Kier molecular flexibility index (Phi) is 5.84. The second-order valence-corrected chi connectivity index (χ2v) is 7.45. The summed E-state index contributed by atoms with van der Waals surface area (Å²) in [5.74, 6) is -0.319. The lowest BCUT2D eigenvalue weighted by molar-refractivity contribution is 0.616. The van der Waals surface area contributed by atoms with Gasteiger partial charge in [0.2, 0.25) is 0 Å². The Hall–Kier alpha value is -3.48. The fourth-order valence-corrected chi connectivity index (χ4v) is 3.38. The maximum absolute atomic E-state index is 14.8. The number of anilines is 2. The van der Waals surface area contributed by atoms with E-state index in [1.807, 2.05) is 30.3 Å². The number of para-hydroxylation sites is 1. The molecule has 0 amide bonds. The predicted molar refractivity (Wildman–Crippen MR) is 123 cm³/mol. The van der Waals surface area contributed by atoms with Crippen molar-refractivity contribution in [2.24, 2.45) is 0 Å². The number of rotatable bonds is 5. The Balaban J connectivity index is 2.02. The zero-order valence-electron chi connectivity index (χ0n) is 15.9. The average Bonchev–Trinajstić information content (AvgIpc) is 2.76. The van der Waals surface area contributed by atoms with Crippen molar-refractivity contribution in [3.05, 3.63) is 105 Å². The van der Waals surface area contributed by atoms with Gasteiger partial charge in [-0.15, -0.1) is 0 Å². The Morgan fingerprint density at radius 3 is 2.29 bits per heavy atom. The number of nitrogens with one attached hydrogen (secondary N) is 2. The second kappa shape index (κ2) is 8.71. The van der Waals surface area contributed by atoms with E-state index in [-0.39, 0.29) is 27.9 Å². The smallest absolute Gasteiger partial charge is 0.269 e. The first-order chi connectivity index (χ1) is 15.0. The summed E-state index contributed by atoms with van der Waals surface area (Å²) < 4.78 is 15.9. The van der Waals surface area contributed by atoms with Crippen LogP contribution in [0, 0.1) is 11.2 Å². The van der Waals surface area contributed by atoms with E-state index in [0.29, 0.717) is 16.3 Å². The molecule has 4 aromatic rings. The third-order valence-corrected chi connectivity index (χ3v) is 5.04. The van der Waals surface area contributed by atoms with Crippen molar-refractivity contribution in [3.8, 4) is 17.1 Å². The molecule has 8 heteroatoms. The lowest BCUT2D eigenvalue weighted by atomic mass is 10.1. The van der Waals surface area contributed by atoms with Gasteiger partial charge in [0.1, 0.15) is 23.0 Å². The van der Waals surface area contributed by atoms with Gasteiger partial charge in [-0.2, -0.15) is 0 Å². The number of hydrogen-bond donors (Lipinski definition) is 2. The normalized spacial score (nSPS) is 10.7. The highest BCUT2D eigenvalue weighted by atomic mass is 35.5. The molecular weight excluding hydrogens is 438 g/mol. The number of benzene rings is 3. The number of nitrogens with zero attached hydrogens (tertiary/aromatic N) is 2. The zero-order valence-corrected chi connectivity index (χ0v) is 17.5. The first-order valence-corrected chi connectivity index (χ1v) is 9.94. The van der Waals surface area contributed by atoms with Crippen molar-refractivity contribution in [3.63, 3.8) is 0 Å². The van der Waals surface area contributed by atoms with Crippen LogP contribution in [0.1, 0.15) is 5.56 Å². The summed E-state index contributed by atoms with van der Waals surface area (Å²) in [6, 6.07) is 19.8. The summed E-state index contributed by atoms with van der Waals surface area (Å²) in [6.07, 6.45) is 0.899. The average molecular weight is 453 g/mol. The van der Waals surface area contributed by atoms with Gasteiger partial charge < -0.3 is 10.7 Å². The summed E-state index contributed by atoms with van der Waals surface area (Å²) in [5, 5.41) is 11.6. The van der Waals surface area contributed by atoms with E-state index in [4.69, 9.17) is 28.6 Å². The summed E-state index contributed by atoms with van der Waals surface area (Å²) in [6.45, 7) is 0. The molecule has 0 radical (unpaired) electrons. The Morgan fingerprint density at radius 2 is 1.65 bits per heavy atom. The van der Waals surface area contributed by atoms with E-state index in [1.165, 1.54) is 12.1 Å². The van der Waals surface area contributed by atoms with Crippen molar-refractivity contribution < 1.29 is 4.39 Å². The van der Waals surface area contributed by atoms with Gasteiger partial charge in [0, 0.05) is 27.5 Å². The molecule has 4 rings (SSSR count). The molecule has 154 valence electrons. The van der Waals surface area contributed by atoms with Crippen LogP contribution >= 0.6 is 23.2 Å². The molecule has 0 atom stereocenters. The van der Waals surface area contributed by atoms with Crippen LogP contribution in [-0.2, 0) is 0 Å². The van der Waals surface area contributed by atoms with Gasteiger partial charge in [0.25, 0.3) is 5.56 Å². The summed E-state index contributed by atoms with van der Waals surface area (Å²) in [7, 11) is 0. The minimum atomic E-state index is -0.689. The number of halogens is 3. The fourth-order valence-electron chi connectivity index (χ4n) is 3.10. The van der Waals surface area contributed by atoms with Crippen molar-refractivity contribution in [1.82, 2.24) is 9.55 Å². The third kappa shape index (κ3) is 4.21. The maximum Gasteiger partial charge on any atom is 0.269 e. The highest BCUT2D eigenvalue weighted by Gasteiger charge is 2.20. The van der Waals surface area contributed by atoms with Gasteiger partial charge in [-0.3, -0.25) is 9.36 Å². The predicted octanol–water partition coefficient (Wildman–Crippen LogP) is 6.09. The van der Waals surface area contributed by atoms with Crippen molar-refractivity contribution >= 4 is 40.9 Å². The van der Waals surface area contributed by atoms with Crippen LogP contribution in [0.4, 0.5) is 15.9 Å². The molecule has 0 aliphatic heterocycles. The quantitative estimate of drug-likeness (QED) is 0.360. The Labute approximate surface area is 187 Å². The second-order valence-electron chi connectivity index (χ2n) is 6.58. The monoisotopic (exact) mass is 452 g/mol. The van der Waals surface area contributed by atoms with Crippen LogP contribution in [0.2, 0.25) is 10.0 Å². The number of aromatic nitrogens is 2. The van der Waals surface area contributed by atoms with Crippen LogP contribution in [0.25, 0.3) is 17.1 Å². The first kappa shape index (κ1) is 20.8. The molecule has 0 saturated carbocycles. The molecule has 1 heterocycles. The highest BCUT2D eigenvalue weighted by Crippen LogP contribution is 2.27. The van der Waals surface area contributed by atoms with Gasteiger partial charge in [-0.1, -0.05) is 41.4 Å². The van der Waals surface area contributed by atoms with Gasteiger partial charge in [0.15, 0.2) is 0 Å². The van der Waals surface area contributed by atoms with Gasteiger partial charge in [-0.05, 0) is 54.6 Å². The Bertz CT molecular complexity index is 1320. The van der Waals surface area contributed by atoms with Crippen LogP contribution in [0.3, 0.4) is 0 Å². The van der Waals surface area contributed by atoms with Crippen LogP contribution < -0.4 is 10.9 Å². The third-order valence-electron chi connectivity index (χ3n) is 4.55. The summed E-state index contributed by atoms with van der Waals surface area (Å²) >= 11 is 11.9. The SMILES string of the molecule is N=Cc1c(Nc2ccccc2)nc(-c2ccc(Cl)cc2)n(-c2ccc(Cl)cc2F)c1=O. The molecular formula is C23H15Cl2FN4O. The van der Waals surface area contributed by atoms with E-state index in [0.717, 1.165) is 16.8 Å². The zero-order chi connectivity index (χ0) is 22.0. The molecule has 1 aromatic heterocycles. The fraction of sp³-hybridized carbons (Fsp3) is 0. The van der Waals surface area contributed by atoms with Crippen LogP contribution in [0.5, 0.6) is 0 Å². The molecule has 5 nitrogen and oxygen atoms in total. The van der Waals surface area contributed by atoms with E-state index in [9.17, 15) is 9.18 Å². The minimum absolute atomic E-state index is 0.0177. The van der Waals surface area contributed by atoms with Crippen molar-refractivity contribution in [1.29, 1.82) is 5.41 Å². The molecule has 0 aliphatic carbocycles. The molecule has 0 aliphatic rings. The van der Waals surface area contributed by atoms with Crippen molar-refractivity contribution in [2.75, 3.05) is 5.32 Å². The van der Waals surface area contributed by atoms with E-state index < -0.39 is 11.4 Å². The molecule has 31 heavy (non-hydrogen) atoms. The molecule has 0 fully saturated rings. The molecule has 0 bridgehead atoms. The van der Waals surface area contributed by atoms with E-state index >= 15 is 0 Å². The molecule has 0 unspecified atom stereocenters. The highest BCUT2D eigenvalue weighted by molar-refractivity contribution is 6.30. The number of hydrogen-bond acceptors (Lipinski definition) is 4. The maximum atomic E-state index is 14.8. The molecule has 0 saturated heterocycles. The van der Waals surface area contributed by atoms with Crippen molar-refractivity contribution in [2.45, 2.75) is 0 Å². The molecule has 0 spiro atoms. The van der Waals surface area contributed by atoms with Gasteiger partial charge in [0.05, 0.1) is 5.69 Å². The van der Waals surface area contributed by atoms with Gasteiger partial charge >= 0.3 is 0 Å². The lowest BCUT2D eigenvalue weighted by Gasteiger charge is -2.17. The largest absolute Gasteiger partial charge is 0.339 e. The topological polar surface area (TPSA) is 70.8 Å². The standard InChI is InChI=1S/C23H15Cl2FN4O/c24-15-8-6-14(7-9-15)22-29-21(28-17-4-2-1-3-5-17)18(13-27)23(31)30(22)20-11-10-16(25)12-19(20)26/h1-13,27-28H. The van der Waals surface area contributed by atoms with Gasteiger partial charge in [-0.25, -0.2) is 9.37 Å². The van der Waals surface area contributed by atoms with E-state index in [2.05, 4.69) is 10.3 Å².